The van der Waals surface area contributed by atoms with Gasteiger partial charge in [-0.25, -0.2) is 4.57 Å². The van der Waals surface area contributed by atoms with E-state index in [0.717, 1.165) is 44.9 Å². The number of allylic oxidation sites excluding steroid dienone is 6. The molecule has 0 bridgehead atoms. The van der Waals surface area contributed by atoms with Crippen LogP contribution >= 0.6 is 7.82 Å². The lowest BCUT2D eigenvalue weighted by Gasteiger charge is -2.19. The molecule has 0 aromatic rings. The van der Waals surface area contributed by atoms with Crippen LogP contribution < -0.4 is 5.73 Å². The minimum absolute atomic E-state index is 0.0568. The molecule has 2 atom stereocenters. The van der Waals surface area contributed by atoms with Crippen molar-refractivity contribution in [2.75, 3.05) is 26.4 Å². The predicted octanol–water partition coefficient (Wildman–Crippen LogP) is 22.3. The number of esters is 2. The lowest BCUT2D eigenvalue weighted by atomic mass is 10.0. The first-order valence-corrected chi connectivity index (χ1v) is 36.0. The molecule has 0 amide bonds. The number of phosphoric acid groups is 1. The van der Waals surface area contributed by atoms with E-state index in [4.69, 9.17) is 24.3 Å². The number of carbonyl (C=O) groups excluding carboxylic acids is 2. The van der Waals surface area contributed by atoms with Gasteiger partial charge in [-0.1, -0.05) is 333 Å². The van der Waals surface area contributed by atoms with Crippen LogP contribution in [0.25, 0.3) is 0 Å². The van der Waals surface area contributed by atoms with Crippen molar-refractivity contribution >= 4 is 19.8 Å². The highest BCUT2D eigenvalue weighted by molar-refractivity contribution is 7.47. The Bertz CT molecular complexity index is 1390. The number of nitrogens with two attached hydrogens (primary N) is 1. The van der Waals surface area contributed by atoms with Gasteiger partial charge in [0, 0.05) is 19.4 Å². The van der Waals surface area contributed by atoms with Crippen LogP contribution in [0, 0.1) is 0 Å². The average Bonchev–Trinajstić information content (AvgIpc) is 3.44. The second-order valence-corrected chi connectivity index (χ2v) is 24.9. The summed E-state index contributed by atoms with van der Waals surface area (Å²) in [6.45, 7) is 3.80. The molecule has 0 aliphatic heterocycles. The fourth-order valence-corrected chi connectivity index (χ4v) is 11.2. The number of carbonyl (C=O) groups is 2. The van der Waals surface area contributed by atoms with Crippen molar-refractivity contribution in [2.24, 2.45) is 5.73 Å². The fourth-order valence-electron chi connectivity index (χ4n) is 10.4. The normalized spacial score (nSPS) is 13.1. The summed E-state index contributed by atoms with van der Waals surface area (Å²) < 4.78 is 33.1. The molecule has 79 heavy (non-hydrogen) atoms. The average molecular weight is 1130 g/mol. The van der Waals surface area contributed by atoms with Crippen LogP contribution in [-0.2, 0) is 32.7 Å². The van der Waals surface area contributed by atoms with Crippen molar-refractivity contribution in [3.8, 4) is 0 Å². The van der Waals surface area contributed by atoms with E-state index in [0.29, 0.717) is 6.42 Å². The van der Waals surface area contributed by atoms with Gasteiger partial charge in [0.05, 0.1) is 13.2 Å². The van der Waals surface area contributed by atoms with Gasteiger partial charge in [0.2, 0.25) is 0 Å². The van der Waals surface area contributed by atoms with Crippen molar-refractivity contribution in [1.82, 2.24) is 0 Å². The molecule has 0 rings (SSSR count). The zero-order valence-electron chi connectivity index (χ0n) is 52.4. The lowest BCUT2D eigenvalue weighted by molar-refractivity contribution is -0.161. The molecule has 10 heteroatoms. The molecule has 0 aromatic carbocycles. The number of phosphoric ester groups is 1. The van der Waals surface area contributed by atoms with Crippen LogP contribution in [0.5, 0.6) is 0 Å². The Morgan fingerprint density at radius 3 is 0.975 bits per heavy atom. The Labute approximate surface area is 490 Å². The molecule has 9 nitrogen and oxygen atoms in total. The van der Waals surface area contributed by atoms with Crippen molar-refractivity contribution in [1.29, 1.82) is 0 Å². The van der Waals surface area contributed by atoms with Gasteiger partial charge in [-0.2, -0.15) is 0 Å². The van der Waals surface area contributed by atoms with E-state index in [1.54, 1.807) is 0 Å². The van der Waals surface area contributed by atoms with Gasteiger partial charge in [-0.05, 0) is 51.4 Å². The largest absolute Gasteiger partial charge is 0.472 e. The summed E-state index contributed by atoms with van der Waals surface area (Å²) in [5, 5.41) is 0. The summed E-state index contributed by atoms with van der Waals surface area (Å²) in [4.78, 5) is 35.3. The van der Waals surface area contributed by atoms with Crippen molar-refractivity contribution < 1.29 is 37.6 Å². The van der Waals surface area contributed by atoms with Gasteiger partial charge < -0.3 is 20.1 Å². The highest BCUT2D eigenvalue weighted by atomic mass is 31.2. The van der Waals surface area contributed by atoms with Crippen LogP contribution in [-0.4, -0.2) is 49.3 Å². The van der Waals surface area contributed by atoms with E-state index in [1.165, 1.54) is 283 Å². The highest BCUT2D eigenvalue weighted by Gasteiger charge is 2.26. The molecule has 0 aliphatic carbocycles. The van der Waals surface area contributed by atoms with Gasteiger partial charge >= 0.3 is 19.8 Å². The molecule has 0 radical (unpaired) electrons. The topological polar surface area (TPSA) is 134 Å². The fraction of sp³-hybridized carbons (Fsp3) is 0.884. The van der Waals surface area contributed by atoms with Crippen LogP contribution in [0.4, 0.5) is 0 Å². The number of hydrogen-bond acceptors (Lipinski definition) is 8. The molecular weight excluding hydrogens is 1000 g/mol. The zero-order valence-corrected chi connectivity index (χ0v) is 53.3. The van der Waals surface area contributed by atoms with E-state index in [9.17, 15) is 19.0 Å². The summed E-state index contributed by atoms with van der Waals surface area (Å²) in [6, 6.07) is 0. The molecule has 0 saturated heterocycles. The first-order valence-electron chi connectivity index (χ1n) is 34.5. The van der Waals surface area contributed by atoms with Crippen LogP contribution in [0.15, 0.2) is 36.5 Å². The molecule has 2 unspecified atom stereocenters. The quantitative estimate of drug-likeness (QED) is 0.0264. The number of ether oxygens (including phenoxy) is 2. The molecule has 0 heterocycles. The van der Waals surface area contributed by atoms with E-state index < -0.39 is 26.5 Å². The predicted molar refractivity (Wildman–Crippen MR) is 340 cm³/mol. The van der Waals surface area contributed by atoms with Gasteiger partial charge in [0.15, 0.2) is 6.10 Å². The summed E-state index contributed by atoms with van der Waals surface area (Å²) in [5.41, 5.74) is 5.40. The first-order chi connectivity index (χ1) is 38.8. The Morgan fingerprint density at radius 1 is 0.380 bits per heavy atom. The Balaban J connectivity index is 3.76. The van der Waals surface area contributed by atoms with E-state index in [-0.39, 0.29) is 38.6 Å². The number of unbranched alkanes of at least 4 members (excludes halogenated alkanes) is 47. The van der Waals surface area contributed by atoms with Crippen molar-refractivity contribution in [2.45, 2.75) is 367 Å². The molecule has 0 saturated carbocycles. The van der Waals surface area contributed by atoms with Crippen LogP contribution in [0.3, 0.4) is 0 Å². The maximum atomic E-state index is 12.7. The maximum Gasteiger partial charge on any atom is 0.472 e. The van der Waals surface area contributed by atoms with Gasteiger partial charge in [0.25, 0.3) is 0 Å². The monoisotopic (exact) mass is 1130 g/mol. The van der Waals surface area contributed by atoms with E-state index >= 15 is 0 Å². The number of hydrogen-bond donors (Lipinski definition) is 2. The third kappa shape index (κ3) is 65.3. The van der Waals surface area contributed by atoms with Crippen molar-refractivity contribution in [3.05, 3.63) is 36.5 Å². The van der Waals surface area contributed by atoms with Gasteiger partial charge in [-0.15, -0.1) is 0 Å². The van der Waals surface area contributed by atoms with Gasteiger partial charge in [-0.3, -0.25) is 18.6 Å². The molecule has 0 aromatic heterocycles. The third-order valence-electron chi connectivity index (χ3n) is 15.5. The summed E-state index contributed by atoms with van der Waals surface area (Å²) >= 11 is 0. The molecule has 0 aliphatic rings. The lowest BCUT2D eigenvalue weighted by Crippen LogP contribution is -2.29. The Kier molecular flexibility index (Phi) is 63.9. The molecule has 466 valence electrons. The Hall–Kier alpha value is -1.77. The third-order valence-corrected chi connectivity index (χ3v) is 16.5. The molecule has 0 fully saturated rings. The van der Waals surface area contributed by atoms with Crippen LogP contribution in [0.1, 0.15) is 361 Å². The second kappa shape index (κ2) is 65.4. The second-order valence-electron chi connectivity index (χ2n) is 23.4. The Morgan fingerprint density at radius 2 is 0.658 bits per heavy atom. The highest BCUT2D eigenvalue weighted by Crippen LogP contribution is 2.43. The number of rotatable bonds is 66. The standard InChI is InChI=1S/C69H132NO8P/c1-3-5-7-9-11-13-15-17-19-21-23-24-25-26-27-28-29-30-31-32-33-34-35-36-37-38-39-40-41-42-44-46-48-50-52-54-56-58-60-62-69(72)78-67(66-77-79(73,74)76-64-63-70)65-75-68(71)61-59-57-55-53-51-49-47-45-43-22-20-18-16-14-12-10-8-6-4-2/h15,17,21,23,25-26,67H,3-14,16,18-20,22,24,27-66,70H2,1-2H3,(H,73,74)/b17-15-,23-21-,26-25-. The minimum Gasteiger partial charge on any atom is -0.462 e. The van der Waals surface area contributed by atoms with Gasteiger partial charge in [0.1, 0.15) is 6.61 Å². The first kappa shape index (κ1) is 77.2. The molecule has 3 N–H and O–H groups in total. The summed E-state index contributed by atoms with van der Waals surface area (Å²) in [7, 11) is -4.39. The van der Waals surface area contributed by atoms with E-state index in [2.05, 4.69) is 50.3 Å². The smallest absolute Gasteiger partial charge is 0.462 e. The maximum absolute atomic E-state index is 12.7. The van der Waals surface area contributed by atoms with Crippen molar-refractivity contribution in [3.63, 3.8) is 0 Å². The molecule has 0 spiro atoms. The zero-order chi connectivity index (χ0) is 57.3. The molecular formula is C69H132NO8P. The summed E-state index contributed by atoms with van der Waals surface area (Å²) in [5.74, 6) is -0.804. The summed E-state index contributed by atoms with van der Waals surface area (Å²) in [6.07, 6.45) is 81.0. The van der Waals surface area contributed by atoms with Crippen LogP contribution in [0.2, 0.25) is 0 Å². The SMILES string of the molecule is CCCCCCC/C=C\C/C=C\C/C=C\CCCCCCCCCCCCCCCCCCCCCCCCCCC(=O)OC(COC(=O)CCCCCCCCCCCCCCCCCCCCC)COP(=O)(O)OCCN. The minimum atomic E-state index is -4.39. The van der Waals surface area contributed by atoms with E-state index in [1.807, 2.05) is 0 Å².